The highest BCUT2D eigenvalue weighted by molar-refractivity contribution is 7.81. The minimum absolute atomic E-state index is 0.405. The van der Waals surface area contributed by atoms with Gasteiger partial charge in [-0.15, -0.1) is 0 Å². The standard InChI is InChI=1S/C28H32N2O2S/c1-20(2)25-18-26(27(17-21(25)3)32-19-22-7-5-4-6-8-22)28(33)29-23-9-11-24(12-10-23)30-13-15-31-16-14-30/h4-12,17-18,20H,13-16,19H2,1-3H3,(H,29,33). The van der Waals surface area contributed by atoms with Crippen molar-refractivity contribution in [3.8, 4) is 5.75 Å². The lowest BCUT2D eigenvalue weighted by molar-refractivity contribution is 0.122. The van der Waals surface area contributed by atoms with Gasteiger partial charge >= 0.3 is 0 Å². The van der Waals surface area contributed by atoms with E-state index in [1.807, 2.05) is 18.2 Å². The predicted octanol–water partition coefficient (Wildman–Crippen LogP) is 6.32. The number of nitrogens with zero attached hydrogens (tertiary/aromatic N) is 1. The summed E-state index contributed by atoms with van der Waals surface area (Å²) in [7, 11) is 0. The van der Waals surface area contributed by atoms with Gasteiger partial charge < -0.3 is 19.7 Å². The number of aryl methyl sites for hydroxylation is 1. The van der Waals surface area contributed by atoms with Crippen LogP contribution in [0.15, 0.2) is 66.7 Å². The zero-order chi connectivity index (χ0) is 23.2. The van der Waals surface area contributed by atoms with Gasteiger partial charge in [0.25, 0.3) is 0 Å². The van der Waals surface area contributed by atoms with E-state index >= 15 is 0 Å². The molecule has 0 aliphatic carbocycles. The van der Waals surface area contributed by atoms with Crippen molar-refractivity contribution in [1.29, 1.82) is 0 Å². The summed E-state index contributed by atoms with van der Waals surface area (Å²) in [6.07, 6.45) is 0. The quantitative estimate of drug-likeness (QED) is 0.417. The highest BCUT2D eigenvalue weighted by atomic mass is 32.1. The van der Waals surface area contributed by atoms with Gasteiger partial charge in [0.05, 0.1) is 18.8 Å². The first-order chi connectivity index (χ1) is 16.0. The van der Waals surface area contributed by atoms with Crippen LogP contribution in [0.5, 0.6) is 5.75 Å². The molecule has 4 nitrogen and oxygen atoms in total. The van der Waals surface area contributed by atoms with Crippen molar-refractivity contribution < 1.29 is 9.47 Å². The molecule has 33 heavy (non-hydrogen) atoms. The molecule has 1 aliphatic rings. The molecule has 0 aromatic heterocycles. The fraction of sp³-hybridized carbons (Fsp3) is 0.321. The Balaban J connectivity index is 1.53. The maximum atomic E-state index is 6.25. The molecule has 172 valence electrons. The van der Waals surface area contributed by atoms with E-state index in [4.69, 9.17) is 21.7 Å². The summed E-state index contributed by atoms with van der Waals surface area (Å²) in [5.41, 5.74) is 6.73. The van der Waals surface area contributed by atoms with Crippen molar-refractivity contribution in [1.82, 2.24) is 0 Å². The van der Waals surface area contributed by atoms with Gasteiger partial charge in [0, 0.05) is 24.5 Å². The number of morpholine rings is 1. The second-order valence-corrected chi connectivity index (χ2v) is 9.14. The Labute approximate surface area is 202 Å². The second-order valence-electron chi connectivity index (χ2n) is 8.73. The summed E-state index contributed by atoms with van der Waals surface area (Å²) in [6.45, 7) is 10.5. The van der Waals surface area contributed by atoms with E-state index in [1.54, 1.807) is 0 Å². The van der Waals surface area contributed by atoms with Crippen molar-refractivity contribution in [2.45, 2.75) is 33.3 Å². The number of benzene rings is 3. The first kappa shape index (κ1) is 23.3. The lowest BCUT2D eigenvalue weighted by Gasteiger charge is -2.29. The van der Waals surface area contributed by atoms with E-state index in [0.717, 1.165) is 48.9 Å². The third-order valence-electron chi connectivity index (χ3n) is 5.97. The highest BCUT2D eigenvalue weighted by Crippen LogP contribution is 2.30. The van der Waals surface area contributed by atoms with Gasteiger partial charge in [0.2, 0.25) is 0 Å². The predicted molar refractivity (Wildman–Crippen MR) is 141 cm³/mol. The van der Waals surface area contributed by atoms with Gasteiger partial charge in [0.15, 0.2) is 0 Å². The number of nitrogens with one attached hydrogen (secondary N) is 1. The summed E-state index contributed by atoms with van der Waals surface area (Å²) in [6, 6.07) is 22.9. The van der Waals surface area contributed by atoms with E-state index in [2.05, 4.69) is 79.5 Å². The average molecular weight is 461 g/mol. The molecule has 0 unspecified atom stereocenters. The van der Waals surface area contributed by atoms with E-state index in [9.17, 15) is 0 Å². The Kier molecular flexibility index (Phi) is 7.63. The molecule has 0 atom stereocenters. The molecule has 0 amide bonds. The molecule has 1 fully saturated rings. The van der Waals surface area contributed by atoms with Gasteiger partial charge in [0.1, 0.15) is 17.3 Å². The van der Waals surface area contributed by atoms with Crippen LogP contribution in [0, 0.1) is 6.92 Å². The molecule has 4 rings (SSSR count). The lowest BCUT2D eigenvalue weighted by atomic mass is 9.95. The number of hydrogen-bond acceptors (Lipinski definition) is 4. The Bertz CT molecular complexity index is 1080. The van der Waals surface area contributed by atoms with Crippen molar-refractivity contribution in [3.05, 3.63) is 89.0 Å². The largest absolute Gasteiger partial charge is 0.488 e. The summed E-state index contributed by atoms with van der Waals surface area (Å²) in [4.78, 5) is 3.01. The van der Waals surface area contributed by atoms with Crippen LogP contribution in [0.1, 0.15) is 42.0 Å². The molecule has 1 saturated heterocycles. The van der Waals surface area contributed by atoms with Gasteiger partial charge in [-0.05, 0) is 65.9 Å². The average Bonchev–Trinajstić information content (AvgIpc) is 2.84. The molecule has 1 N–H and O–H groups in total. The highest BCUT2D eigenvalue weighted by Gasteiger charge is 2.16. The SMILES string of the molecule is Cc1cc(OCc2ccccc2)c(C(=S)Nc2ccc(N3CCOCC3)cc2)cc1C(C)C. The molecule has 5 heteroatoms. The minimum atomic E-state index is 0.405. The fourth-order valence-corrected chi connectivity index (χ4v) is 4.41. The normalized spacial score (nSPS) is 13.8. The first-order valence-electron chi connectivity index (χ1n) is 11.6. The smallest absolute Gasteiger partial charge is 0.130 e. The maximum absolute atomic E-state index is 6.25. The number of hydrogen-bond donors (Lipinski definition) is 1. The van der Waals surface area contributed by atoms with Gasteiger partial charge in [-0.25, -0.2) is 0 Å². The number of thiocarbonyl (C=S) groups is 1. The van der Waals surface area contributed by atoms with Crippen LogP contribution in [0.3, 0.4) is 0 Å². The maximum Gasteiger partial charge on any atom is 0.130 e. The van der Waals surface area contributed by atoms with E-state index in [0.29, 0.717) is 17.5 Å². The van der Waals surface area contributed by atoms with Crippen molar-refractivity contribution in [2.24, 2.45) is 0 Å². The van der Waals surface area contributed by atoms with Gasteiger partial charge in [-0.2, -0.15) is 0 Å². The molecule has 0 radical (unpaired) electrons. The summed E-state index contributed by atoms with van der Waals surface area (Å²) >= 11 is 5.85. The Morgan fingerprint density at radius 2 is 1.73 bits per heavy atom. The van der Waals surface area contributed by atoms with Crippen LogP contribution >= 0.6 is 12.2 Å². The van der Waals surface area contributed by atoms with Crippen molar-refractivity contribution >= 4 is 28.6 Å². The molecule has 1 heterocycles. The third kappa shape index (κ3) is 5.92. The van der Waals surface area contributed by atoms with Gasteiger partial charge in [-0.1, -0.05) is 56.4 Å². The molecular formula is C28H32N2O2S. The Hall–Kier alpha value is -2.89. The number of anilines is 2. The Morgan fingerprint density at radius 3 is 2.39 bits per heavy atom. The molecule has 0 saturated carbocycles. The topological polar surface area (TPSA) is 33.7 Å². The Morgan fingerprint density at radius 1 is 1.03 bits per heavy atom. The molecule has 3 aromatic carbocycles. The monoisotopic (exact) mass is 460 g/mol. The molecule has 0 bridgehead atoms. The summed E-state index contributed by atoms with van der Waals surface area (Å²) < 4.78 is 11.7. The van der Waals surface area contributed by atoms with Crippen LogP contribution in [0.4, 0.5) is 11.4 Å². The van der Waals surface area contributed by atoms with E-state index in [-0.39, 0.29) is 0 Å². The number of rotatable bonds is 7. The zero-order valence-corrected chi connectivity index (χ0v) is 20.5. The van der Waals surface area contributed by atoms with E-state index in [1.165, 1.54) is 16.8 Å². The van der Waals surface area contributed by atoms with Crippen molar-refractivity contribution in [3.63, 3.8) is 0 Å². The molecule has 1 aliphatic heterocycles. The van der Waals surface area contributed by atoms with Crippen LogP contribution in [-0.2, 0) is 11.3 Å². The first-order valence-corrected chi connectivity index (χ1v) is 12.0. The lowest BCUT2D eigenvalue weighted by Crippen LogP contribution is -2.36. The van der Waals surface area contributed by atoms with Crippen LogP contribution < -0.4 is 15.0 Å². The fourth-order valence-electron chi connectivity index (χ4n) is 4.13. The van der Waals surface area contributed by atoms with Crippen LogP contribution in [0.2, 0.25) is 0 Å². The molecule has 0 spiro atoms. The third-order valence-corrected chi connectivity index (χ3v) is 6.30. The van der Waals surface area contributed by atoms with E-state index < -0.39 is 0 Å². The van der Waals surface area contributed by atoms with Crippen LogP contribution in [-0.4, -0.2) is 31.3 Å². The van der Waals surface area contributed by atoms with Crippen molar-refractivity contribution in [2.75, 3.05) is 36.5 Å². The summed E-state index contributed by atoms with van der Waals surface area (Å²) in [5.74, 6) is 1.21. The van der Waals surface area contributed by atoms with Gasteiger partial charge in [-0.3, -0.25) is 0 Å². The molecule has 3 aromatic rings. The zero-order valence-electron chi connectivity index (χ0n) is 19.6. The van der Waals surface area contributed by atoms with Crippen LogP contribution in [0.25, 0.3) is 0 Å². The summed E-state index contributed by atoms with van der Waals surface area (Å²) in [5, 5.41) is 3.42. The minimum Gasteiger partial charge on any atom is -0.488 e. The number of ether oxygens (including phenoxy) is 2. The molecular weight excluding hydrogens is 428 g/mol. The second kappa shape index (κ2) is 10.8.